The van der Waals surface area contributed by atoms with Crippen molar-refractivity contribution in [2.24, 2.45) is 0 Å². The first kappa shape index (κ1) is 22.7. The van der Waals surface area contributed by atoms with E-state index in [4.69, 9.17) is 14.2 Å². The second-order valence-corrected chi connectivity index (χ2v) is 8.20. The van der Waals surface area contributed by atoms with E-state index in [-0.39, 0.29) is 12.5 Å². The Kier molecular flexibility index (Phi) is 8.80. The molecule has 150 valence electrons. The van der Waals surface area contributed by atoms with Crippen molar-refractivity contribution in [1.82, 2.24) is 5.32 Å². The maximum Gasteiger partial charge on any atom is 0.328 e. The molecule has 0 saturated carbocycles. The second-order valence-electron chi connectivity index (χ2n) is 5.88. The Morgan fingerprint density at radius 3 is 2.36 bits per heavy atom. The number of hydrogen-bond acceptors (Lipinski definition) is 5. The van der Waals surface area contributed by atoms with Crippen molar-refractivity contribution in [1.29, 1.82) is 0 Å². The molecular weight excluding hydrogens is 588 g/mol. The maximum atomic E-state index is 12.1. The Morgan fingerprint density at radius 1 is 1.11 bits per heavy atom. The Labute approximate surface area is 191 Å². The quantitative estimate of drug-likeness (QED) is 0.357. The number of carbonyl (C=O) groups excluding carboxylic acids is 2. The first-order chi connectivity index (χ1) is 13.3. The van der Waals surface area contributed by atoms with Gasteiger partial charge in [-0.2, -0.15) is 0 Å². The molecule has 28 heavy (non-hydrogen) atoms. The standard InChI is InChI=1S/C20H21I2NO5/c1-4-27-20(25)18(23-12(2)24)9-13-6-5-7-14(8-13)28-15-10-16(21)19(26-3)17(22)11-15/h5-8,10-11,18H,4,9H2,1-3H3,(H,23,24). The molecule has 1 atom stereocenters. The third-order valence-electron chi connectivity index (χ3n) is 3.70. The highest BCUT2D eigenvalue weighted by molar-refractivity contribution is 14.1. The number of halogens is 2. The molecule has 2 rings (SSSR count). The van der Waals surface area contributed by atoms with Gasteiger partial charge in [0.2, 0.25) is 5.91 Å². The number of amides is 1. The minimum atomic E-state index is -0.740. The van der Waals surface area contributed by atoms with E-state index in [9.17, 15) is 9.59 Å². The van der Waals surface area contributed by atoms with Crippen molar-refractivity contribution in [3.05, 3.63) is 49.1 Å². The summed E-state index contributed by atoms with van der Waals surface area (Å²) in [6.07, 6.45) is 0.313. The van der Waals surface area contributed by atoms with E-state index in [0.717, 1.165) is 18.5 Å². The number of nitrogens with one attached hydrogen (secondary N) is 1. The summed E-state index contributed by atoms with van der Waals surface area (Å²) in [4.78, 5) is 23.5. The van der Waals surface area contributed by atoms with Gasteiger partial charge in [0.05, 0.1) is 20.9 Å². The lowest BCUT2D eigenvalue weighted by atomic mass is 10.1. The lowest BCUT2D eigenvalue weighted by molar-refractivity contribution is -0.147. The van der Waals surface area contributed by atoms with Crippen LogP contribution >= 0.6 is 45.2 Å². The summed E-state index contributed by atoms with van der Waals surface area (Å²) < 4.78 is 18.3. The fourth-order valence-electron chi connectivity index (χ4n) is 2.58. The Morgan fingerprint density at radius 2 is 1.79 bits per heavy atom. The van der Waals surface area contributed by atoms with E-state index in [1.165, 1.54) is 6.92 Å². The number of ether oxygens (including phenoxy) is 3. The van der Waals surface area contributed by atoms with Crippen molar-refractivity contribution >= 4 is 57.1 Å². The molecular formula is C20H21I2NO5. The lowest BCUT2D eigenvalue weighted by Gasteiger charge is -2.17. The smallest absolute Gasteiger partial charge is 0.328 e. The molecule has 8 heteroatoms. The van der Waals surface area contributed by atoms with E-state index < -0.39 is 12.0 Å². The average Bonchev–Trinajstić information content (AvgIpc) is 2.61. The van der Waals surface area contributed by atoms with Gasteiger partial charge in [-0.15, -0.1) is 0 Å². The summed E-state index contributed by atoms with van der Waals surface area (Å²) in [5.74, 6) is 1.40. The van der Waals surface area contributed by atoms with E-state index >= 15 is 0 Å². The maximum absolute atomic E-state index is 12.1. The highest BCUT2D eigenvalue weighted by Gasteiger charge is 2.21. The highest BCUT2D eigenvalue weighted by atomic mass is 127. The predicted molar refractivity (Wildman–Crippen MR) is 123 cm³/mol. The van der Waals surface area contributed by atoms with Crippen LogP contribution in [0.5, 0.6) is 17.2 Å². The first-order valence-electron chi connectivity index (χ1n) is 8.57. The molecule has 0 saturated heterocycles. The summed E-state index contributed by atoms with van der Waals surface area (Å²) in [5, 5.41) is 2.64. The highest BCUT2D eigenvalue weighted by Crippen LogP contribution is 2.33. The second kappa shape index (κ2) is 10.8. The van der Waals surface area contributed by atoms with Gasteiger partial charge >= 0.3 is 5.97 Å². The molecule has 0 aliphatic carbocycles. The molecule has 0 radical (unpaired) electrons. The molecule has 1 unspecified atom stereocenters. The third kappa shape index (κ3) is 6.50. The molecule has 0 bridgehead atoms. The van der Waals surface area contributed by atoms with Crippen LogP contribution in [-0.4, -0.2) is 31.6 Å². The van der Waals surface area contributed by atoms with Crippen LogP contribution < -0.4 is 14.8 Å². The summed E-state index contributed by atoms with van der Waals surface area (Å²) in [5.41, 5.74) is 0.849. The van der Waals surface area contributed by atoms with Gasteiger partial charge in [0, 0.05) is 13.3 Å². The molecule has 0 heterocycles. The Bertz CT molecular complexity index is 833. The van der Waals surface area contributed by atoms with Crippen LogP contribution in [-0.2, 0) is 20.7 Å². The summed E-state index contributed by atoms with van der Waals surface area (Å²) >= 11 is 4.40. The van der Waals surface area contributed by atoms with Crippen molar-refractivity contribution < 1.29 is 23.8 Å². The fourth-order valence-corrected chi connectivity index (χ4v) is 4.73. The van der Waals surface area contributed by atoms with Gasteiger partial charge in [0.25, 0.3) is 0 Å². The van der Waals surface area contributed by atoms with Gasteiger partial charge in [0.1, 0.15) is 23.3 Å². The lowest BCUT2D eigenvalue weighted by Crippen LogP contribution is -2.42. The number of hydrogen-bond donors (Lipinski definition) is 1. The van der Waals surface area contributed by atoms with Crippen LogP contribution in [0.25, 0.3) is 0 Å². The fraction of sp³-hybridized carbons (Fsp3) is 0.300. The van der Waals surface area contributed by atoms with Crippen LogP contribution in [0.15, 0.2) is 36.4 Å². The van der Waals surface area contributed by atoms with Crippen LogP contribution in [0.4, 0.5) is 0 Å². The van der Waals surface area contributed by atoms with Gasteiger partial charge in [-0.25, -0.2) is 4.79 Å². The van der Waals surface area contributed by atoms with Crippen LogP contribution in [0, 0.1) is 7.14 Å². The van der Waals surface area contributed by atoms with E-state index in [2.05, 4.69) is 50.5 Å². The largest absolute Gasteiger partial charge is 0.495 e. The predicted octanol–water partition coefficient (Wildman–Crippen LogP) is 4.31. The van der Waals surface area contributed by atoms with Gasteiger partial charge in [-0.05, 0) is 81.9 Å². The van der Waals surface area contributed by atoms with Crippen LogP contribution in [0.3, 0.4) is 0 Å². The summed E-state index contributed by atoms with van der Waals surface area (Å²) in [6, 6.07) is 10.5. The summed E-state index contributed by atoms with van der Waals surface area (Å²) in [7, 11) is 1.64. The number of rotatable bonds is 8. The Balaban J connectivity index is 2.19. The van der Waals surface area contributed by atoms with E-state index in [0.29, 0.717) is 17.9 Å². The minimum absolute atomic E-state index is 0.257. The topological polar surface area (TPSA) is 73.9 Å². The molecule has 0 aliphatic rings. The summed E-state index contributed by atoms with van der Waals surface area (Å²) in [6.45, 7) is 3.36. The van der Waals surface area contributed by atoms with Crippen LogP contribution in [0.2, 0.25) is 0 Å². The van der Waals surface area contributed by atoms with Gasteiger partial charge in [0.15, 0.2) is 0 Å². The molecule has 0 spiro atoms. The zero-order chi connectivity index (χ0) is 20.7. The molecule has 6 nitrogen and oxygen atoms in total. The third-order valence-corrected chi connectivity index (χ3v) is 5.30. The van der Waals surface area contributed by atoms with Crippen molar-refractivity contribution in [3.8, 4) is 17.2 Å². The first-order valence-corrected chi connectivity index (χ1v) is 10.7. The zero-order valence-corrected chi connectivity index (χ0v) is 20.1. The molecule has 1 N–H and O–H groups in total. The van der Waals surface area contributed by atoms with Crippen LogP contribution in [0.1, 0.15) is 19.4 Å². The van der Waals surface area contributed by atoms with Crippen molar-refractivity contribution in [2.75, 3.05) is 13.7 Å². The van der Waals surface area contributed by atoms with E-state index in [1.807, 2.05) is 36.4 Å². The SMILES string of the molecule is CCOC(=O)C(Cc1cccc(Oc2cc(I)c(OC)c(I)c2)c1)NC(C)=O. The van der Waals surface area contributed by atoms with Crippen molar-refractivity contribution in [3.63, 3.8) is 0 Å². The monoisotopic (exact) mass is 609 g/mol. The zero-order valence-electron chi connectivity index (χ0n) is 15.8. The average molecular weight is 609 g/mol. The van der Waals surface area contributed by atoms with Crippen molar-refractivity contribution in [2.45, 2.75) is 26.3 Å². The van der Waals surface area contributed by atoms with Gasteiger partial charge in [-0.1, -0.05) is 12.1 Å². The van der Waals surface area contributed by atoms with E-state index in [1.54, 1.807) is 14.0 Å². The number of benzene rings is 2. The van der Waals surface area contributed by atoms with Gasteiger partial charge < -0.3 is 19.5 Å². The normalized spacial score (nSPS) is 11.5. The molecule has 2 aromatic rings. The minimum Gasteiger partial charge on any atom is -0.495 e. The molecule has 0 fully saturated rings. The molecule has 0 aliphatic heterocycles. The number of esters is 1. The molecule has 1 amide bonds. The number of methoxy groups -OCH3 is 1. The molecule has 0 aromatic heterocycles. The van der Waals surface area contributed by atoms with Gasteiger partial charge in [-0.3, -0.25) is 4.79 Å². The molecule has 2 aromatic carbocycles. The Hall–Kier alpha value is -1.56. The number of carbonyl (C=O) groups is 2.